The lowest BCUT2D eigenvalue weighted by Gasteiger charge is -2.19. The molecule has 1 aromatic heterocycles. The highest BCUT2D eigenvalue weighted by Crippen LogP contribution is 2.15. The van der Waals surface area contributed by atoms with Gasteiger partial charge in [-0.1, -0.05) is 13.8 Å². The summed E-state index contributed by atoms with van der Waals surface area (Å²) in [5, 5.41) is 0.154. The first-order chi connectivity index (χ1) is 7.88. The Morgan fingerprint density at radius 1 is 1.18 bits per heavy atom. The maximum atomic E-state index is 5.85. The van der Waals surface area contributed by atoms with Crippen LogP contribution in [0.25, 0.3) is 0 Å². The molecule has 5 nitrogen and oxygen atoms in total. The van der Waals surface area contributed by atoms with Crippen molar-refractivity contribution in [3.05, 3.63) is 5.28 Å². The van der Waals surface area contributed by atoms with Gasteiger partial charge in [0, 0.05) is 13.6 Å². The number of nitrogens with zero attached hydrogens (tertiary/aromatic N) is 4. The molecular formula is C11H19ClN4O. The standard InChI is InChI=1S/C11H19ClN4O/c1-7(2)6-16(5)10-13-9(12)14-11(15-10)17-8(3)4/h7-8H,6H2,1-5H3. The van der Waals surface area contributed by atoms with E-state index in [2.05, 4.69) is 28.8 Å². The van der Waals surface area contributed by atoms with Crippen molar-refractivity contribution in [2.45, 2.75) is 33.8 Å². The molecule has 1 rings (SSSR count). The molecule has 0 aliphatic carbocycles. The summed E-state index contributed by atoms with van der Waals surface area (Å²) in [6.45, 7) is 8.93. The first-order valence-electron chi connectivity index (χ1n) is 5.68. The van der Waals surface area contributed by atoms with Crippen LogP contribution in [0.15, 0.2) is 0 Å². The van der Waals surface area contributed by atoms with E-state index < -0.39 is 0 Å². The van der Waals surface area contributed by atoms with E-state index in [1.807, 2.05) is 25.8 Å². The number of anilines is 1. The van der Waals surface area contributed by atoms with Gasteiger partial charge in [0.15, 0.2) is 0 Å². The molecule has 0 aromatic carbocycles. The molecule has 96 valence electrons. The molecule has 0 N–H and O–H groups in total. The van der Waals surface area contributed by atoms with Crippen LogP contribution in [0.3, 0.4) is 0 Å². The molecule has 0 unspecified atom stereocenters. The van der Waals surface area contributed by atoms with Crippen molar-refractivity contribution in [3.8, 4) is 6.01 Å². The summed E-state index contributed by atoms with van der Waals surface area (Å²) < 4.78 is 5.42. The van der Waals surface area contributed by atoms with Gasteiger partial charge in [0.1, 0.15) is 0 Å². The number of hydrogen-bond donors (Lipinski definition) is 0. The molecule has 1 heterocycles. The van der Waals surface area contributed by atoms with E-state index in [0.717, 1.165) is 6.54 Å². The highest BCUT2D eigenvalue weighted by Gasteiger charge is 2.12. The molecule has 0 spiro atoms. The number of halogens is 1. The number of ether oxygens (including phenoxy) is 1. The second-order valence-electron chi connectivity index (χ2n) is 4.63. The summed E-state index contributed by atoms with van der Waals surface area (Å²) in [5.74, 6) is 1.05. The van der Waals surface area contributed by atoms with Crippen LogP contribution in [0.4, 0.5) is 5.95 Å². The fourth-order valence-electron chi connectivity index (χ4n) is 1.39. The second-order valence-corrected chi connectivity index (χ2v) is 4.97. The first-order valence-corrected chi connectivity index (χ1v) is 6.05. The SMILES string of the molecule is CC(C)CN(C)c1nc(Cl)nc(OC(C)C)n1. The van der Waals surface area contributed by atoms with Gasteiger partial charge >= 0.3 is 6.01 Å². The van der Waals surface area contributed by atoms with Crippen molar-refractivity contribution in [3.63, 3.8) is 0 Å². The summed E-state index contributed by atoms with van der Waals surface area (Å²) in [4.78, 5) is 14.2. The highest BCUT2D eigenvalue weighted by atomic mass is 35.5. The van der Waals surface area contributed by atoms with E-state index >= 15 is 0 Å². The van der Waals surface area contributed by atoms with E-state index in [0.29, 0.717) is 11.9 Å². The van der Waals surface area contributed by atoms with Gasteiger partial charge in [-0.3, -0.25) is 0 Å². The van der Waals surface area contributed by atoms with Crippen LogP contribution in [0.1, 0.15) is 27.7 Å². The molecule has 17 heavy (non-hydrogen) atoms. The van der Waals surface area contributed by atoms with Crippen LogP contribution in [-0.4, -0.2) is 34.6 Å². The van der Waals surface area contributed by atoms with Gasteiger partial charge in [0.25, 0.3) is 0 Å². The molecule has 0 fully saturated rings. The Bertz CT molecular complexity index is 370. The van der Waals surface area contributed by atoms with E-state index in [-0.39, 0.29) is 17.4 Å². The monoisotopic (exact) mass is 258 g/mol. The molecule has 0 bridgehead atoms. The molecule has 0 saturated heterocycles. The molecule has 0 saturated carbocycles. The Kier molecular flexibility index (Phi) is 4.93. The van der Waals surface area contributed by atoms with Gasteiger partial charge < -0.3 is 9.64 Å². The van der Waals surface area contributed by atoms with Gasteiger partial charge in [-0.15, -0.1) is 0 Å². The summed E-state index contributed by atoms with van der Waals surface area (Å²) in [5.41, 5.74) is 0. The minimum absolute atomic E-state index is 0.0109. The molecule has 0 amide bonds. The van der Waals surface area contributed by atoms with Gasteiger partial charge in [-0.05, 0) is 31.4 Å². The fraction of sp³-hybridized carbons (Fsp3) is 0.727. The zero-order valence-electron chi connectivity index (χ0n) is 10.9. The van der Waals surface area contributed by atoms with Crippen molar-refractivity contribution >= 4 is 17.5 Å². The lowest BCUT2D eigenvalue weighted by atomic mass is 10.2. The molecule has 1 aromatic rings. The van der Waals surface area contributed by atoms with Crippen LogP contribution in [0.5, 0.6) is 6.01 Å². The Morgan fingerprint density at radius 2 is 1.82 bits per heavy atom. The Balaban J connectivity index is 2.88. The third-order valence-electron chi connectivity index (χ3n) is 1.90. The van der Waals surface area contributed by atoms with Gasteiger partial charge in [-0.25, -0.2) is 0 Å². The Labute approximate surface area is 107 Å². The summed E-state index contributed by atoms with van der Waals surface area (Å²) in [7, 11) is 1.92. The summed E-state index contributed by atoms with van der Waals surface area (Å²) in [6.07, 6.45) is 0.0109. The normalized spacial score (nSPS) is 11.1. The molecule has 6 heteroatoms. The quantitative estimate of drug-likeness (QED) is 0.812. The van der Waals surface area contributed by atoms with Crippen molar-refractivity contribution in [1.82, 2.24) is 15.0 Å². The summed E-state index contributed by atoms with van der Waals surface area (Å²) in [6, 6.07) is 0.269. The van der Waals surface area contributed by atoms with E-state index in [4.69, 9.17) is 16.3 Å². The van der Waals surface area contributed by atoms with Crippen molar-refractivity contribution in [2.75, 3.05) is 18.5 Å². The lowest BCUT2D eigenvalue weighted by Crippen LogP contribution is -2.25. The Hall–Kier alpha value is -1.10. The molecule has 0 aliphatic heterocycles. The highest BCUT2D eigenvalue weighted by molar-refractivity contribution is 6.28. The van der Waals surface area contributed by atoms with Crippen LogP contribution < -0.4 is 9.64 Å². The zero-order valence-corrected chi connectivity index (χ0v) is 11.7. The number of hydrogen-bond acceptors (Lipinski definition) is 5. The van der Waals surface area contributed by atoms with E-state index in [1.54, 1.807) is 0 Å². The molecular weight excluding hydrogens is 240 g/mol. The average Bonchev–Trinajstić information content (AvgIpc) is 2.14. The van der Waals surface area contributed by atoms with Gasteiger partial charge in [0.05, 0.1) is 6.10 Å². The predicted octanol–water partition coefficient (Wildman–Crippen LogP) is 2.40. The molecule has 0 aliphatic rings. The van der Waals surface area contributed by atoms with Crippen molar-refractivity contribution < 1.29 is 4.74 Å². The maximum absolute atomic E-state index is 5.85. The van der Waals surface area contributed by atoms with Crippen LogP contribution in [0.2, 0.25) is 5.28 Å². The topological polar surface area (TPSA) is 51.1 Å². The number of rotatable bonds is 5. The molecule has 0 atom stereocenters. The zero-order chi connectivity index (χ0) is 13.0. The summed E-state index contributed by atoms with van der Waals surface area (Å²) >= 11 is 5.85. The third kappa shape index (κ3) is 4.73. The van der Waals surface area contributed by atoms with Gasteiger partial charge in [0.2, 0.25) is 11.2 Å². The van der Waals surface area contributed by atoms with E-state index in [9.17, 15) is 0 Å². The fourth-order valence-corrected chi connectivity index (χ4v) is 1.53. The third-order valence-corrected chi connectivity index (χ3v) is 2.07. The van der Waals surface area contributed by atoms with Crippen molar-refractivity contribution in [1.29, 1.82) is 0 Å². The van der Waals surface area contributed by atoms with Gasteiger partial charge in [-0.2, -0.15) is 15.0 Å². The Morgan fingerprint density at radius 3 is 2.35 bits per heavy atom. The minimum atomic E-state index is 0.0109. The predicted molar refractivity (Wildman–Crippen MR) is 68.7 cm³/mol. The van der Waals surface area contributed by atoms with Crippen LogP contribution >= 0.6 is 11.6 Å². The van der Waals surface area contributed by atoms with Crippen LogP contribution in [0, 0.1) is 5.92 Å². The smallest absolute Gasteiger partial charge is 0.322 e. The largest absolute Gasteiger partial charge is 0.461 e. The minimum Gasteiger partial charge on any atom is -0.461 e. The average molecular weight is 259 g/mol. The lowest BCUT2D eigenvalue weighted by molar-refractivity contribution is 0.221. The first kappa shape index (κ1) is 14.0. The van der Waals surface area contributed by atoms with Crippen LogP contribution in [-0.2, 0) is 0 Å². The molecule has 0 radical (unpaired) electrons. The second kappa shape index (κ2) is 6.00. The number of aromatic nitrogens is 3. The maximum Gasteiger partial charge on any atom is 0.322 e. The van der Waals surface area contributed by atoms with E-state index in [1.165, 1.54) is 0 Å². The van der Waals surface area contributed by atoms with Crippen molar-refractivity contribution in [2.24, 2.45) is 5.92 Å².